The second kappa shape index (κ2) is 7.69. The predicted octanol–water partition coefficient (Wildman–Crippen LogP) is 4.28. The summed E-state index contributed by atoms with van der Waals surface area (Å²) in [4.78, 5) is 2.57. The van der Waals surface area contributed by atoms with Crippen molar-refractivity contribution in [2.45, 2.75) is 43.9 Å². The van der Waals surface area contributed by atoms with E-state index in [1.165, 1.54) is 17.5 Å². The van der Waals surface area contributed by atoms with Crippen LogP contribution in [0.5, 0.6) is 5.75 Å². The van der Waals surface area contributed by atoms with Gasteiger partial charge in [0.15, 0.2) is 0 Å². The number of nitrogens with two attached hydrogens (primary N) is 2. The molecule has 0 radical (unpaired) electrons. The standard InChI is InChI=1S/C25H29N3O/c26-19-11-12-21-18(15-19)6-3-9-24(21)29-25-22-8-2-1-5-17(22)10-13-23(25)28-14-4-7-20(27)16-28/h1-3,5-6,8-9,11-12,15,20,23,25H,4,7,10,13-14,16,26-27H2/t20-,23-,25-/m0/s1. The quantitative estimate of drug-likeness (QED) is 0.659. The lowest BCUT2D eigenvalue weighted by Crippen LogP contribution is -2.51. The highest BCUT2D eigenvalue weighted by Crippen LogP contribution is 2.39. The van der Waals surface area contributed by atoms with Crippen LogP contribution in [0.4, 0.5) is 5.69 Å². The van der Waals surface area contributed by atoms with E-state index in [9.17, 15) is 0 Å². The highest BCUT2D eigenvalue weighted by molar-refractivity contribution is 5.90. The Morgan fingerprint density at radius 1 is 0.966 bits per heavy atom. The van der Waals surface area contributed by atoms with Crippen LogP contribution in [0.25, 0.3) is 10.8 Å². The number of anilines is 1. The minimum Gasteiger partial charge on any atom is -0.483 e. The molecule has 0 aromatic heterocycles. The first kappa shape index (κ1) is 18.5. The summed E-state index contributed by atoms with van der Waals surface area (Å²) in [7, 11) is 0. The van der Waals surface area contributed by atoms with Gasteiger partial charge in [0, 0.05) is 23.7 Å². The van der Waals surface area contributed by atoms with Gasteiger partial charge in [0.25, 0.3) is 0 Å². The molecule has 0 amide bonds. The van der Waals surface area contributed by atoms with Gasteiger partial charge in [-0.25, -0.2) is 0 Å². The number of piperidine rings is 1. The predicted molar refractivity (Wildman–Crippen MR) is 119 cm³/mol. The molecule has 5 rings (SSSR count). The van der Waals surface area contributed by atoms with Crippen LogP contribution >= 0.6 is 0 Å². The van der Waals surface area contributed by atoms with Gasteiger partial charge in [0.1, 0.15) is 11.9 Å². The first-order chi connectivity index (χ1) is 14.2. The second-order valence-corrected chi connectivity index (χ2v) is 8.48. The van der Waals surface area contributed by atoms with Crippen molar-refractivity contribution in [2.75, 3.05) is 18.8 Å². The number of fused-ring (bicyclic) bond motifs is 2. The van der Waals surface area contributed by atoms with Crippen LogP contribution in [0.3, 0.4) is 0 Å². The first-order valence-corrected chi connectivity index (χ1v) is 10.7. The molecule has 3 atom stereocenters. The Hall–Kier alpha value is -2.56. The fourth-order valence-electron chi connectivity index (χ4n) is 5.07. The minimum absolute atomic E-state index is 0.00778. The van der Waals surface area contributed by atoms with Crippen molar-refractivity contribution in [1.29, 1.82) is 0 Å². The maximum Gasteiger partial charge on any atom is 0.139 e. The van der Waals surface area contributed by atoms with Gasteiger partial charge in [-0.3, -0.25) is 4.90 Å². The molecule has 3 aromatic rings. The number of rotatable bonds is 3. The molecule has 1 saturated heterocycles. The molecular formula is C25H29N3O. The lowest BCUT2D eigenvalue weighted by Gasteiger charge is -2.43. The van der Waals surface area contributed by atoms with E-state index in [-0.39, 0.29) is 12.1 Å². The van der Waals surface area contributed by atoms with Crippen molar-refractivity contribution in [2.24, 2.45) is 5.73 Å². The van der Waals surface area contributed by atoms with Crippen molar-refractivity contribution in [3.05, 3.63) is 71.8 Å². The normalized spacial score (nSPS) is 24.9. The van der Waals surface area contributed by atoms with Crippen LogP contribution in [-0.4, -0.2) is 30.1 Å². The minimum atomic E-state index is 0.00778. The molecule has 4 N–H and O–H groups in total. The number of aryl methyl sites for hydroxylation is 1. The second-order valence-electron chi connectivity index (χ2n) is 8.48. The van der Waals surface area contributed by atoms with Crippen LogP contribution in [-0.2, 0) is 6.42 Å². The van der Waals surface area contributed by atoms with Crippen molar-refractivity contribution < 1.29 is 4.74 Å². The number of nitrogens with zero attached hydrogens (tertiary/aromatic N) is 1. The van der Waals surface area contributed by atoms with E-state index in [0.29, 0.717) is 6.04 Å². The molecule has 4 nitrogen and oxygen atoms in total. The summed E-state index contributed by atoms with van der Waals surface area (Å²) in [5.74, 6) is 0.926. The lowest BCUT2D eigenvalue weighted by atomic mass is 9.84. The smallest absolute Gasteiger partial charge is 0.139 e. The Bertz CT molecular complexity index is 1020. The SMILES string of the molecule is Nc1ccc2c(O[C@H]3c4ccccc4CC[C@@H]3N3CCC[C@H](N)C3)cccc2c1. The zero-order chi connectivity index (χ0) is 19.8. The fraction of sp³-hybridized carbons (Fsp3) is 0.360. The maximum absolute atomic E-state index is 6.81. The zero-order valence-corrected chi connectivity index (χ0v) is 16.8. The van der Waals surface area contributed by atoms with Gasteiger partial charge >= 0.3 is 0 Å². The van der Waals surface area contributed by atoms with Crippen molar-refractivity contribution >= 4 is 16.5 Å². The molecule has 1 aliphatic carbocycles. The molecule has 3 aromatic carbocycles. The van der Waals surface area contributed by atoms with Crippen LogP contribution in [0, 0.1) is 0 Å². The third-order valence-corrected chi connectivity index (χ3v) is 6.50. The Morgan fingerprint density at radius 3 is 2.76 bits per heavy atom. The number of likely N-dealkylation sites (tertiary alicyclic amines) is 1. The summed E-state index contributed by atoms with van der Waals surface area (Å²) in [6, 6.07) is 21.6. The summed E-state index contributed by atoms with van der Waals surface area (Å²) >= 11 is 0. The van der Waals surface area contributed by atoms with Crippen LogP contribution in [0.1, 0.15) is 36.5 Å². The number of nitrogen functional groups attached to an aromatic ring is 1. The van der Waals surface area contributed by atoms with Gasteiger partial charge in [-0.2, -0.15) is 0 Å². The van der Waals surface area contributed by atoms with E-state index in [1.54, 1.807) is 0 Å². The van der Waals surface area contributed by atoms with E-state index >= 15 is 0 Å². The summed E-state index contributed by atoms with van der Waals surface area (Å²) < 4.78 is 6.81. The summed E-state index contributed by atoms with van der Waals surface area (Å²) in [5.41, 5.74) is 15.8. The van der Waals surface area contributed by atoms with Gasteiger partial charge in [-0.1, -0.05) is 36.4 Å². The fourth-order valence-corrected chi connectivity index (χ4v) is 5.07. The topological polar surface area (TPSA) is 64.5 Å². The summed E-state index contributed by atoms with van der Waals surface area (Å²) in [6.07, 6.45) is 4.49. The van der Waals surface area contributed by atoms with Crippen molar-refractivity contribution in [3.8, 4) is 5.75 Å². The molecule has 0 spiro atoms. The van der Waals surface area contributed by atoms with Gasteiger partial charge in [-0.05, 0) is 73.0 Å². The Morgan fingerprint density at radius 2 is 1.86 bits per heavy atom. The van der Waals surface area contributed by atoms with E-state index in [1.807, 2.05) is 12.1 Å². The van der Waals surface area contributed by atoms with E-state index in [0.717, 1.165) is 54.6 Å². The van der Waals surface area contributed by atoms with Crippen LogP contribution in [0.2, 0.25) is 0 Å². The molecule has 0 bridgehead atoms. The Labute approximate surface area is 172 Å². The molecule has 0 unspecified atom stereocenters. The van der Waals surface area contributed by atoms with Gasteiger partial charge in [0.05, 0.1) is 6.04 Å². The molecule has 2 aliphatic rings. The monoisotopic (exact) mass is 387 g/mol. The third kappa shape index (κ3) is 3.59. The molecule has 1 fully saturated rings. The molecule has 0 saturated carbocycles. The van der Waals surface area contributed by atoms with Gasteiger partial charge in [0.2, 0.25) is 0 Å². The zero-order valence-electron chi connectivity index (χ0n) is 16.8. The number of benzene rings is 3. The van der Waals surface area contributed by atoms with Gasteiger partial charge < -0.3 is 16.2 Å². The van der Waals surface area contributed by atoms with E-state index < -0.39 is 0 Å². The van der Waals surface area contributed by atoms with Crippen molar-refractivity contribution in [1.82, 2.24) is 4.90 Å². The number of hydrogen-bond donors (Lipinski definition) is 2. The summed E-state index contributed by atoms with van der Waals surface area (Å²) in [5, 5.41) is 2.22. The van der Waals surface area contributed by atoms with E-state index in [4.69, 9.17) is 16.2 Å². The lowest BCUT2D eigenvalue weighted by molar-refractivity contribution is 0.0375. The average molecular weight is 388 g/mol. The van der Waals surface area contributed by atoms with Crippen molar-refractivity contribution in [3.63, 3.8) is 0 Å². The Kier molecular flexibility index (Phi) is 4.90. The third-order valence-electron chi connectivity index (χ3n) is 6.50. The van der Waals surface area contributed by atoms with Crippen LogP contribution < -0.4 is 16.2 Å². The molecule has 150 valence electrons. The van der Waals surface area contributed by atoms with E-state index in [2.05, 4.69) is 53.4 Å². The number of ether oxygens (including phenoxy) is 1. The molecule has 29 heavy (non-hydrogen) atoms. The molecule has 1 heterocycles. The highest BCUT2D eigenvalue weighted by Gasteiger charge is 2.36. The number of hydrogen-bond acceptors (Lipinski definition) is 4. The average Bonchev–Trinajstić information content (AvgIpc) is 2.74. The largest absolute Gasteiger partial charge is 0.483 e. The molecular weight excluding hydrogens is 358 g/mol. The summed E-state index contributed by atoms with van der Waals surface area (Å²) in [6.45, 7) is 2.06. The Balaban J connectivity index is 1.54. The first-order valence-electron chi connectivity index (χ1n) is 10.7. The molecule has 4 heteroatoms. The van der Waals surface area contributed by atoms with Crippen LogP contribution in [0.15, 0.2) is 60.7 Å². The highest BCUT2D eigenvalue weighted by atomic mass is 16.5. The van der Waals surface area contributed by atoms with Gasteiger partial charge in [-0.15, -0.1) is 0 Å². The molecule has 1 aliphatic heterocycles. The maximum atomic E-state index is 6.81.